The van der Waals surface area contributed by atoms with Gasteiger partial charge in [0.25, 0.3) is 0 Å². The van der Waals surface area contributed by atoms with Gasteiger partial charge in [0.2, 0.25) is 5.95 Å². The van der Waals surface area contributed by atoms with Crippen molar-refractivity contribution in [2.75, 3.05) is 0 Å². The Morgan fingerprint density at radius 2 is 1.04 bits per heavy atom. The molecule has 0 atom stereocenters. The van der Waals surface area contributed by atoms with Crippen molar-refractivity contribution in [3.05, 3.63) is 133 Å². The van der Waals surface area contributed by atoms with E-state index in [0.717, 1.165) is 54.9 Å². The molecule has 0 saturated carbocycles. The largest absolute Gasteiger partial charge is 0.456 e. The molecular weight excluding hydrogens is 573 g/mol. The number of benzene rings is 6. The molecule has 0 aliphatic carbocycles. The summed E-state index contributed by atoms with van der Waals surface area (Å²) in [7, 11) is 0. The maximum atomic E-state index is 6.23. The Morgan fingerprint density at radius 3 is 1.78 bits per heavy atom. The van der Waals surface area contributed by atoms with Crippen LogP contribution in [0.3, 0.4) is 0 Å². The van der Waals surface area contributed by atoms with Gasteiger partial charge < -0.3 is 4.42 Å². The van der Waals surface area contributed by atoms with Crippen LogP contribution in [0.25, 0.3) is 92.6 Å². The van der Waals surface area contributed by atoms with Crippen molar-refractivity contribution in [1.82, 2.24) is 19.5 Å². The molecule has 6 aromatic carbocycles. The van der Waals surface area contributed by atoms with Crippen molar-refractivity contribution in [2.45, 2.75) is 0 Å². The summed E-state index contributed by atoms with van der Waals surface area (Å²) >= 11 is 1.79. The van der Waals surface area contributed by atoms with E-state index >= 15 is 0 Å². The number of furan rings is 1. The minimum Gasteiger partial charge on any atom is -0.456 e. The van der Waals surface area contributed by atoms with Gasteiger partial charge in [-0.25, -0.2) is 4.98 Å². The van der Waals surface area contributed by atoms with Crippen molar-refractivity contribution in [2.24, 2.45) is 0 Å². The van der Waals surface area contributed by atoms with Crippen LogP contribution in [0.4, 0.5) is 0 Å². The van der Waals surface area contributed by atoms with Gasteiger partial charge in [0.15, 0.2) is 11.6 Å². The number of nitrogens with zero attached hydrogens (tertiary/aromatic N) is 4. The first-order valence-corrected chi connectivity index (χ1v) is 15.7. The molecule has 0 radical (unpaired) electrons. The SMILES string of the molecule is c1ccc(-c2nc(-c3ccccc3)nc(-n3c4ccccc4c4cc5c(cc43)sc3cc4oc6ccccc6c4cc35)n2)cc1. The van der Waals surface area contributed by atoms with E-state index in [2.05, 4.69) is 65.2 Å². The third-order valence-electron chi connectivity index (χ3n) is 8.65. The molecule has 4 aromatic heterocycles. The van der Waals surface area contributed by atoms with Gasteiger partial charge in [0.1, 0.15) is 11.2 Å². The topological polar surface area (TPSA) is 56.7 Å². The summed E-state index contributed by atoms with van der Waals surface area (Å²) < 4.78 is 10.8. The van der Waals surface area contributed by atoms with E-state index in [4.69, 9.17) is 19.4 Å². The lowest BCUT2D eigenvalue weighted by Crippen LogP contribution is -2.06. The fourth-order valence-electron chi connectivity index (χ4n) is 6.57. The average Bonchev–Trinajstić information content (AvgIpc) is 3.75. The highest BCUT2D eigenvalue weighted by molar-refractivity contribution is 7.26. The average molecular weight is 595 g/mol. The molecule has 5 nitrogen and oxygen atoms in total. The van der Waals surface area contributed by atoms with Crippen LogP contribution in [0.5, 0.6) is 0 Å². The monoisotopic (exact) mass is 594 g/mol. The Morgan fingerprint density at radius 1 is 0.444 bits per heavy atom. The molecule has 0 aliphatic rings. The standard InChI is InChI=1S/C39H22N4OS/c1-3-11-23(12-4-1)37-40-38(24-13-5-2-6-14-24)42-39(41-37)43-31-17-9-7-15-25(31)27-19-29-30-20-28-26-16-8-10-18-33(26)44-34(28)22-36(30)45-35(29)21-32(27)43/h1-22H. The first kappa shape index (κ1) is 24.6. The molecule has 0 bridgehead atoms. The van der Waals surface area contributed by atoms with Gasteiger partial charge in [-0.2, -0.15) is 9.97 Å². The highest BCUT2D eigenvalue weighted by Gasteiger charge is 2.20. The van der Waals surface area contributed by atoms with E-state index in [-0.39, 0.29) is 0 Å². The summed E-state index contributed by atoms with van der Waals surface area (Å²) in [6.07, 6.45) is 0. The van der Waals surface area contributed by atoms with Gasteiger partial charge >= 0.3 is 0 Å². The highest BCUT2D eigenvalue weighted by Crippen LogP contribution is 2.43. The molecule has 0 N–H and O–H groups in total. The second-order valence-corrected chi connectivity index (χ2v) is 12.4. The summed E-state index contributed by atoms with van der Waals surface area (Å²) in [4.78, 5) is 15.1. The third-order valence-corrected chi connectivity index (χ3v) is 9.77. The molecule has 0 aliphatic heterocycles. The highest BCUT2D eigenvalue weighted by atomic mass is 32.1. The fourth-order valence-corrected chi connectivity index (χ4v) is 7.70. The lowest BCUT2D eigenvalue weighted by atomic mass is 10.1. The van der Waals surface area contributed by atoms with E-state index < -0.39 is 0 Å². The first-order chi connectivity index (χ1) is 22.3. The minimum absolute atomic E-state index is 0.596. The fraction of sp³-hybridized carbons (Fsp3) is 0. The molecular formula is C39H22N4OS. The smallest absolute Gasteiger partial charge is 0.238 e. The summed E-state index contributed by atoms with van der Waals surface area (Å²) in [5, 5.41) is 7.09. The Balaban J connectivity index is 1.28. The number of rotatable bonds is 3. The Labute approximate surface area is 260 Å². The number of aromatic nitrogens is 4. The van der Waals surface area contributed by atoms with Crippen LogP contribution in [0, 0.1) is 0 Å². The van der Waals surface area contributed by atoms with E-state index in [1.807, 2.05) is 72.8 Å². The molecule has 0 fully saturated rings. The molecule has 210 valence electrons. The quantitative estimate of drug-likeness (QED) is 0.204. The van der Waals surface area contributed by atoms with Crippen molar-refractivity contribution in [1.29, 1.82) is 0 Å². The Bertz CT molecular complexity index is 2700. The molecule has 0 saturated heterocycles. The molecule has 0 amide bonds. The predicted octanol–water partition coefficient (Wildman–Crippen LogP) is 10.6. The number of hydrogen-bond donors (Lipinski definition) is 0. The van der Waals surface area contributed by atoms with E-state index in [1.54, 1.807) is 11.3 Å². The Kier molecular flexibility index (Phi) is 5.09. The number of fused-ring (bicyclic) bond motifs is 9. The van der Waals surface area contributed by atoms with Gasteiger partial charge in [-0.15, -0.1) is 11.3 Å². The van der Waals surface area contributed by atoms with Crippen molar-refractivity contribution < 1.29 is 4.42 Å². The van der Waals surface area contributed by atoms with Crippen LogP contribution < -0.4 is 0 Å². The minimum atomic E-state index is 0.596. The third kappa shape index (κ3) is 3.70. The van der Waals surface area contributed by atoms with Crippen LogP contribution in [0.1, 0.15) is 0 Å². The summed E-state index contributed by atoms with van der Waals surface area (Å²) in [6.45, 7) is 0. The first-order valence-electron chi connectivity index (χ1n) is 14.9. The van der Waals surface area contributed by atoms with Crippen LogP contribution in [0.2, 0.25) is 0 Å². The lowest BCUT2D eigenvalue weighted by molar-refractivity contribution is 0.669. The maximum absolute atomic E-state index is 6.23. The van der Waals surface area contributed by atoms with Crippen LogP contribution >= 0.6 is 11.3 Å². The molecule has 10 rings (SSSR count). The normalized spacial score (nSPS) is 12.0. The second-order valence-electron chi connectivity index (χ2n) is 11.3. The van der Waals surface area contributed by atoms with Crippen LogP contribution in [-0.4, -0.2) is 19.5 Å². The molecule has 0 spiro atoms. The second kappa shape index (κ2) is 9.32. The molecule has 6 heteroatoms. The van der Waals surface area contributed by atoms with Gasteiger partial charge in [0.05, 0.1) is 11.0 Å². The van der Waals surface area contributed by atoms with Crippen molar-refractivity contribution in [3.63, 3.8) is 0 Å². The number of para-hydroxylation sites is 2. The summed E-state index contributed by atoms with van der Waals surface area (Å²) in [5.74, 6) is 1.88. The van der Waals surface area contributed by atoms with E-state index in [1.165, 1.54) is 20.2 Å². The molecule has 0 unspecified atom stereocenters. The van der Waals surface area contributed by atoms with Gasteiger partial charge in [-0.1, -0.05) is 97.1 Å². The Hall–Kier alpha value is -5.85. The lowest BCUT2D eigenvalue weighted by Gasteiger charge is -2.10. The predicted molar refractivity (Wildman–Crippen MR) is 185 cm³/mol. The molecule has 10 aromatic rings. The summed E-state index contributed by atoms with van der Waals surface area (Å²) in [6, 6.07) is 46.1. The number of thiophene rings is 1. The van der Waals surface area contributed by atoms with Gasteiger partial charge in [0, 0.05) is 52.8 Å². The molecule has 45 heavy (non-hydrogen) atoms. The van der Waals surface area contributed by atoms with E-state index in [9.17, 15) is 0 Å². The van der Waals surface area contributed by atoms with Crippen LogP contribution in [-0.2, 0) is 0 Å². The van der Waals surface area contributed by atoms with E-state index in [0.29, 0.717) is 17.6 Å². The van der Waals surface area contributed by atoms with Crippen molar-refractivity contribution >= 4 is 75.3 Å². The zero-order valence-corrected chi connectivity index (χ0v) is 24.6. The van der Waals surface area contributed by atoms with Gasteiger partial charge in [-0.3, -0.25) is 4.57 Å². The maximum Gasteiger partial charge on any atom is 0.238 e. The summed E-state index contributed by atoms with van der Waals surface area (Å²) in [5.41, 5.74) is 5.85. The van der Waals surface area contributed by atoms with Gasteiger partial charge in [-0.05, 0) is 36.4 Å². The molecule has 4 heterocycles. The zero-order valence-electron chi connectivity index (χ0n) is 23.8. The van der Waals surface area contributed by atoms with Crippen LogP contribution in [0.15, 0.2) is 138 Å². The number of hydrogen-bond acceptors (Lipinski definition) is 5. The zero-order chi connectivity index (χ0) is 29.5. The van der Waals surface area contributed by atoms with Crippen molar-refractivity contribution in [3.8, 4) is 28.7 Å².